The lowest BCUT2D eigenvalue weighted by molar-refractivity contribution is 0.745. The van der Waals surface area contributed by atoms with Crippen LogP contribution in [-0.2, 0) is 0 Å². The van der Waals surface area contributed by atoms with Gasteiger partial charge < -0.3 is 10.6 Å². The Morgan fingerprint density at radius 1 is 1.15 bits per heavy atom. The van der Waals surface area contributed by atoms with Crippen LogP contribution in [0.2, 0.25) is 0 Å². The number of rotatable bonds is 5. The van der Waals surface area contributed by atoms with Crippen LogP contribution in [0.4, 0.5) is 0 Å². The van der Waals surface area contributed by atoms with Crippen molar-refractivity contribution < 1.29 is 0 Å². The first-order valence-electron chi connectivity index (χ1n) is 6.41. The Hall–Kier alpha value is -2.20. The van der Waals surface area contributed by atoms with Crippen LogP contribution in [0, 0.1) is 0 Å². The summed E-state index contributed by atoms with van der Waals surface area (Å²) < 4.78 is 0. The first kappa shape index (κ1) is 14.2. The smallest absolute Gasteiger partial charge is 0.167 e. The van der Waals surface area contributed by atoms with Gasteiger partial charge in [-0.3, -0.25) is 4.98 Å². The van der Waals surface area contributed by atoms with E-state index in [0.717, 1.165) is 11.1 Å². The van der Waals surface area contributed by atoms with Crippen LogP contribution in [0.25, 0.3) is 0 Å². The Balaban J connectivity index is 2.21. The summed E-state index contributed by atoms with van der Waals surface area (Å²) in [6.45, 7) is 4.31. The zero-order chi connectivity index (χ0) is 14.2. The molecule has 0 bridgehead atoms. The second-order valence-electron chi connectivity index (χ2n) is 4.27. The van der Waals surface area contributed by atoms with Crippen molar-refractivity contribution in [3.05, 3.63) is 78.6 Å². The number of benzene rings is 1. The Morgan fingerprint density at radius 3 is 2.45 bits per heavy atom. The average molecular weight is 283 g/mol. The zero-order valence-electron chi connectivity index (χ0n) is 11.1. The summed E-state index contributed by atoms with van der Waals surface area (Å²) in [5, 5.41) is 7.03. The van der Waals surface area contributed by atoms with E-state index in [0.29, 0.717) is 11.7 Å². The normalized spacial score (nSPS) is 11.4. The number of hydrogen-bond donors (Lipinski definition) is 2. The number of aromatic nitrogens is 1. The molecule has 0 saturated heterocycles. The molecule has 2 N–H and O–H groups in total. The molecular formula is C16H17N3S. The highest BCUT2D eigenvalue weighted by molar-refractivity contribution is 7.80. The lowest BCUT2D eigenvalue weighted by Gasteiger charge is -2.21. The fraction of sp³-hybridized carbons (Fsp3) is 0.125. The minimum Gasteiger partial charge on any atom is -0.359 e. The van der Waals surface area contributed by atoms with E-state index in [1.165, 1.54) is 0 Å². The monoisotopic (exact) mass is 283 g/mol. The number of nitrogens with zero attached hydrogens (tertiary/aromatic N) is 1. The van der Waals surface area contributed by atoms with Gasteiger partial charge in [-0.25, -0.2) is 0 Å². The van der Waals surface area contributed by atoms with Crippen molar-refractivity contribution in [3.8, 4) is 0 Å². The van der Waals surface area contributed by atoms with Gasteiger partial charge >= 0.3 is 0 Å². The van der Waals surface area contributed by atoms with Crippen molar-refractivity contribution >= 4 is 17.3 Å². The maximum absolute atomic E-state index is 5.31. The van der Waals surface area contributed by atoms with Crippen molar-refractivity contribution in [3.63, 3.8) is 0 Å². The van der Waals surface area contributed by atoms with E-state index in [2.05, 4.69) is 34.3 Å². The Bertz CT molecular complexity index is 515. The largest absolute Gasteiger partial charge is 0.359 e. The van der Waals surface area contributed by atoms with Gasteiger partial charge in [0.1, 0.15) is 0 Å². The molecule has 1 atom stereocenters. The molecular weight excluding hydrogens is 266 g/mol. The second-order valence-corrected chi connectivity index (χ2v) is 4.68. The summed E-state index contributed by atoms with van der Waals surface area (Å²) in [5.41, 5.74) is 2.27. The molecule has 0 amide bonds. The van der Waals surface area contributed by atoms with E-state index in [4.69, 9.17) is 12.2 Å². The third-order valence-corrected chi connectivity index (χ3v) is 3.12. The topological polar surface area (TPSA) is 37.0 Å². The molecule has 0 unspecified atom stereocenters. The highest BCUT2D eigenvalue weighted by Crippen LogP contribution is 2.21. The quantitative estimate of drug-likeness (QED) is 0.653. The molecule has 0 aliphatic rings. The predicted molar refractivity (Wildman–Crippen MR) is 86.5 cm³/mol. The zero-order valence-corrected chi connectivity index (χ0v) is 11.9. The molecule has 0 spiro atoms. The number of thiocarbonyl (C=S) groups is 1. The maximum atomic E-state index is 5.31. The van der Waals surface area contributed by atoms with E-state index < -0.39 is 0 Å². The molecule has 0 aliphatic heterocycles. The Kier molecular flexibility index (Phi) is 5.26. The van der Waals surface area contributed by atoms with Gasteiger partial charge in [0.2, 0.25) is 0 Å². The number of nitrogens with one attached hydrogen (secondary N) is 2. The van der Waals surface area contributed by atoms with Crippen molar-refractivity contribution in [1.29, 1.82) is 0 Å². The van der Waals surface area contributed by atoms with Crippen molar-refractivity contribution in [1.82, 2.24) is 15.6 Å². The summed E-state index contributed by atoms with van der Waals surface area (Å²) in [6.07, 6.45) is 5.35. The number of hydrogen-bond acceptors (Lipinski definition) is 2. The van der Waals surface area contributed by atoms with Gasteiger partial charge in [0, 0.05) is 18.9 Å². The lowest BCUT2D eigenvalue weighted by Crippen LogP contribution is -2.38. The van der Waals surface area contributed by atoms with Crippen molar-refractivity contribution in [2.24, 2.45) is 0 Å². The van der Waals surface area contributed by atoms with Crippen LogP contribution in [0.3, 0.4) is 0 Å². The van der Waals surface area contributed by atoms with Crippen LogP contribution < -0.4 is 10.6 Å². The Labute approximate surface area is 124 Å². The standard InChI is InChI=1S/C16H17N3S/c1-2-10-18-16(20)19-15(13-6-4-3-5-7-13)14-8-11-17-12-9-14/h2-9,11-12,15H,1,10H2,(H2,18,19,20)/t15-/m0/s1. The summed E-state index contributed by atoms with van der Waals surface area (Å²) in [7, 11) is 0. The summed E-state index contributed by atoms with van der Waals surface area (Å²) in [5.74, 6) is 0. The van der Waals surface area contributed by atoms with E-state index in [9.17, 15) is 0 Å². The van der Waals surface area contributed by atoms with Gasteiger partial charge in [-0.05, 0) is 35.5 Å². The van der Waals surface area contributed by atoms with Crippen LogP contribution >= 0.6 is 12.2 Å². The molecule has 0 fully saturated rings. The van der Waals surface area contributed by atoms with Gasteiger partial charge in [0.15, 0.2) is 5.11 Å². The summed E-state index contributed by atoms with van der Waals surface area (Å²) in [4.78, 5) is 4.06. The minimum atomic E-state index is 0.00372. The number of pyridine rings is 1. The first-order chi connectivity index (χ1) is 9.81. The van der Waals surface area contributed by atoms with Gasteiger partial charge in [0.05, 0.1) is 6.04 Å². The Morgan fingerprint density at radius 2 is 1.80 bits per heavy atom. The third-order valence-electron chi connectivity index (χ3n) is 2.85. The summed E-state index contributed by atoms with van der Waals surface area (Å²) in [6, 6.07) is 14.2. The molecule has 1 heterocycles. The molecule has 2 rings (SSSR count). The van der Waals surface area contributed by atoms with Crippen LogP contribution in [-0.4, -0.2) is 16.6 Å². The molecule has 102 valence electrons. The molecule has 0 radical (unpaired) electrons. The third kappa shape index (κ3) is 3.90. The maximum Gasteiger partial charge on any atom is 0.167 e. The van der Waals surface area contributed by atoms with E-state index in [-0.39, 0.29) is 6.04 Å². The fourth-order valence-corrected chi connectivity index (χ4v) is 2.11. The van der Waals surface area contributed by atoms with Gasteiger partial charge in [0.25, 0.3) is 0 Å². The lowest BCUT2D eigenvalue weighted by atomic mass is 10.00. The SMILES string of the molecule is C=CCNC(=S)N[C@@H](c1ccccc1)c1ccncc1. The highest BCUT2D eigenvalue weighted by atomic mass is 32.1. The van der Waals surface area contributed by atoms with E-state index in [1.807, 2.05) is 30.3 Å². The van der Waals surface area contributed by atoms with Crippen LogP contribution in [0.1, 0.15) is 17.2 Å². The average Bonchev–Trinajstić information content (AvgIpc) is 2.52. The minimum absolute atomic E-state index is 0.00372. The molecule has 1 aromatic carbocycles. The van der Waals surface area contributed by atoms with E-state index >= 15 is 0 Å². The van der Waals surface area contributed by atoms with Gasteiger partial charge in [-0.2, -0.15) is 0 Å². The molecule has 0 saturated carbocycles. The molecule has 0 aliphatic carbocycles. The summed E-state index contributed by atoms with van der Waals surface area (Å²) >= 11 is 5.31. The fourth-order valence-electron chi connectivity index (χ4n) is 1.91. The highest BCUT2D eigenvalue weighted by Gasteiger charge is 2.14. The molecule has 20 heavy (non-hydrogen) atoms. The van der Waals surface area contributed by atoms with Gasteiger partial charge in [-0.15, -0.1) is 6.58 Å². The first-order valence-corrected chi connectivity index (χ1v) is 6.82. The van der Waals surface area contributed by atoms with Gasteiger partial charge in [-0.1, -0.05) is 36.4 Å². The van der Waals surface area contributed by atoms with E-state index in [1.54, 1.807) is 18.5 Å². The van der Waals surface area contributed by atoms with Crippen molar-refractivity contribution in [2.75, 3.05) is 6.54 Å². The molecule has 4 heteroatoms. The second kappa shape index (κ2) is 7.40. The van der Waals surface area contributed by atoms with Crippen LogP contribution in [0.15, 0.2) is 67.5 Å². The van der Waals surface area contributed by atoms with Crippen LogP contribution in [0.5, 0.6) is 0 Å². The molecule has 2 aromatic rings. The molecule has 1 aromatic heterocycles. The predicted octanol–water partition coefficient (Wildman–Crippen LogP) is 2.82. The van der Waals surface area contributed by atoms with Crippen molar-refractivity contribution in [2.45, 2.75) is 6.04 Å². The molecule has 3 nitrogen and oxygen atoms in total.